The summed E-state index contributed by atoms with van der Waals surface area (Å²) in [5.74, 6) is -2.26. The molecular weight excluding hydrogens is 374 g/mol. The number of para-hydroxylation sites is 1. The SMILES string of the molecule is Cc1c(C(=O)NNC(=O)CN2C(=O)Cc3ccccc3C2=O)oc2ccccc12. The molecule has 0 fully saturated rings. The van der Waals surface area contributed by atoms with Gasteiger partial charge in [0.15, 0.2) is 5.76 Å². The highest BCUT2D eigenvalue weighted by Crippen LogP contribution is 2.24. The maximum Gasteiger partial charge on any atom is 0.305 e. The molecule has 8 nitrogen and oxygen atoms in total. The van der Waals surface area contributed by atoms with Crippen LogP contribution < -0.4 is 10.9 Å². The molecule has 1 aliphatic rings. The predicted molar refractivity (Wildman–Crippen MR) is 103 cm³/mol. The second-order valence-electron chi connectivity index (χ2n) is 6.67. The molecular formula is C21H17N3O5. The number of rotatable bonds is 3. The second kappa shape index (κ2) is 7.23. The number of furan rings is 1. The van der Waals surface area contributed by atoms with Crippen LogP contribution in [0.3, 0.4) is 0 Å². The Bertz CT molecular complexity index is 1160. The topological polar surface area (TPSA) is 109 Å². The number of hydrazine groups is 1. The van der Waals surface area contributed by atoms with Crippen molar-refractivity contribution in [2.24, 2.45) is 0 Å². The lowest BCUT2D eigenvalue weighted by Crippen LogP contribution is -2.51. The monoisotopic (exact) mass is 391 g/mol. The minimum Gasteiger partial charge on any atom is -0.451 e. The van der Waals surface area contributed by atoms with Crippen LogP contribution in [0.15, 0.2) is 52.9 Å². The summed E-state index contributed by atoms with van der Waals surface area (Å²) in [6.07, 6.45) is 0.0414. The van der Waals surface area contributed by atoms with Gasteiger partial charge in [-0.05, 0) is 24.6 Å². The summed E-state index contributed by atoms with van der Waals surface area (Å²) >= 11 is 0. The van der Waals surface area contributed by atoms with Gasteiger partial charge in [0.05, 0.1) is 6.42 Å². The van der Waals surface area contributed by atoms with Crippen LogP contribution >= 0.6 is 0 Å². The molecule has 0 unspecified atom stereocenters. The molecule has 0 spiro atoms. The molecule has 3 aromatic rings. The molecule has 0 aliphatic carbocycles. The fourth-order valence-electron chi connectivity index (χ4n) is 3.32. The van der Waals surface area contributed by atoms with Gasteiger partial charge in [-0.3, -0.25) is 34.9 Å². The first-order chi connectivity index (χ1) is 14.0. The smallest absolute Gasteiger partial charge is 0.305 e. The van der Waals surface area contributed by atoms with Gasteiger partial charge in [0.2, 0.25) is 5.91 Å². The van der Waals surface area contributed by atoms with E-state index in [1.165, 1.54) is 0 Å². The van der Waals surface area contributed by atoms with E-state index in [-0.39, 0.29) is 12.2 Å². The maximum atomic E-state index is 12.5. The van der Waals surface area contributed by atoms with Gasteiger partial charge in [-0.15, -0.1) is 0 Å². The number of fused-ring (bicyclic) bond motifs is 2. The second-order valence-corrected chi connectivity index (χ2v) is 6.67. The Kier molecular flexibility index (Phi) is 4.59. The molecule has 2 heterocycles. The van der Waals surface area contributed by atoms with Crippen LogP contribution in [0, 0.1) is 6.92 Å². The zero-order valence-electron chi connectivity index (χ0n) is 15.5. The molecule has 0 bridgehead atoms. The molecule has 0 saturated heterocycles. The number of imide groups is 1. The van der Waals surface area contributed by atoms with E-state index in [0.717, 1.165) is 10.3 Å². The van der Waals surface area contributed by atoms with Crippen molar-refractivity contribution in [2.75, 3.05) is 6.54 Å². The minimum absolute atomic E-state index is 0.0414. The van der Waals surface area contributed by atoms with Crippen molar-refractivity contribution in [1.82, 2.24) is 15.8 Å². The number of hydrogen-bond donors (Lipinski definition) is 2. The van der Waals surface area contributed by atoms with Gasteiger partial charge in [-0.25, -0.2) is 0 Å². The largest absolute Gasteiger partial charge is 0.451 e. The highest BCUT2D eigenvalue weighted by molar-refractivity contribution is 6.11. The maximum absolute atomic E-state index is 12.5. The number of benzene rings is 2. The van der Waals surface area contributed by atoms with Crippen LogP contribution in [-0.2, 0) is 16.0 Å². The average Bonchev–Trinajstić information content (AvgIpc) is 3.06. The standard InChI is InChI=1S/C21H17N3O5/c1-12-14-7-4-5-9-16(14)29-19(12)20(27)23-22-17(25)11-24-18(26)10-13-6-2-3-8-15(13)21(24)28/h2-9H,10-11H2,1H3,(H,22,25)(H,23,27). The van der Waals surface area contributed by atoms with E-state index in [1.807, 2.05) is 12.1 Å². The molecule has 2 N–H and O–H groups in total. The number of amides is 4. The van der Waals surface area contributed by atoms with Crippen molar-refractivity contribution in [1.29, 1.82) is 0 Å². The lowest BCUT2D eigenvalue weighted by atomic mass is 9.98. The average molecular weight is 391 g/mol. The molecule has 0 saturated carbocycles. The molecule has 1 aliphatic heterocycles. The van der Waals surface area contributed by atoms with Crippen LogP contribution in [0.4, 0.5) is 0 Å². The Labute approximate surface area is 165 Å². The third kappa shape index (κ3) is 3.36. The lowest BCUT2D eigenvalue weighted by Gasteiger charge is -2.26. The first-order valence-corrected chi connectivity index (χ1v) is 8.95. The Hall–Kier alpha value is -3.94. The Morgan fingerprint density at radius 1 is 1.03 bits per heavy atom. The fourth-order valence-corrected chi connectivity index (χ4v) is 3.32. The zero-order chi connectivity index (χ0) is 20.5. The minimum atomic E-state index is -0.701. The molecule has 4 amide bonds. The van der Waals surface area contributed by atoms with E-state index in [4.69, 9.17) is 4.42 Å². The first kappa shape index (κ1) is 18.4. The number of aryl methyl sites for hydroxylation is 1. The molecule has 0 atom stereocenters. The molecule has 1 aromatic heterocycles. The summed E-state index contributed by atoms with van der Waals surface area (Å²) in [5, 5.41) is 0.798. The van der Waals surface area contributed by atoms with E-state index in [1.54, 1.807) is 43.3 Å². The van der Waals surface area contributed by atoms with Crippen molar-refractivity contribution in [3.05, 3.63) is 71.0 Å². The summed E-state index contributed by atoms with van der Waals surface area (Å²) in [7, 11) is 0. The van der Waals surface area contributed by atoms with Gasteiger partial charge in [0, 0.05) is 16.5 Å². The van der Waals surface area contributed by atoms with Crippen molar-refractivity contribution in [3.63, 3.8) is 0 Å². The number of hydrogen-bond acceptors (Lipinski definition) is 5. The van der Waals surface area contributed by atoms with E-state index in [9.17, 15) is 19.2 Å². The number of nitrogens with one attached hydrogen (secondary N) is 2. The van der Waals surface area contributed by atoms with Crippen LogP contribution in [0.1, 0.15) is 32.0 Å². The summed E-state index contributed by atoms with van der Waals surface area (Å²) in [4.78, 5) is 50.2. The normalized spacial score (nSPS) is 13.3. The fraction of sp³-hybridized carbons (Fsp3) is 0.143. The van der Waals surface area contributed by atoms with E-state index in [0.29, 0.717) is 22.3 Å². The van der Waals surface area contributed by atoms with E-state index >= 15 is 0 Å². The van der Waals surface area contributed by atoms with Crippen LogP contribution in [0.25, 0.3) is 11.0 Å². The summed E-state index contributed by atoms with van der Waals surface area (Å²) in [5.41, 5.74) is 6.70. The Morgan fingerprint density at radius 2 is 1.76 bits per heavy atom. The Morgan fingerprint density at radius 3 is 2.55 bits per heavy atom. The number of carbonyl (C=O) groups is 4. The van der Waals surface area contributed by atoms with Crippen molar-refractivity contribution < 1.29 is 23.6 Å². The Balaban J connectivity index is 1.41. The third-order valence-electron chi connectivity index (χ3n) is 4.80. The van der Waals surface area contributed by atoms with Crippen molar-refractivity contribution in [2.45, 2.75) is 13.3 Å². The molecule has 146 valence electrons. The van der Waals surface area contributed by atoms with Gasteiger partial charge in [0.1, 0.15) is 12.1 Å². The highest BCUT2D eigenvalue weighted by Gasteiger charge is 2.32. The summed E-state index contributed by atoms with van der Waals surface area (Å²) in [6, 6.07) is 14.0. The molecule has 2 aromatic carbocycles. The van der Waals surface area contributed by atoms with Gasteiger partial charge in [-0.2, -0.15) is 0 Å². The zero-order valence-corrected chi connectivity index (χ0v) is 15.5. The van der Waals surface area contributed by atoms with Crippen molar-refractivity contribution >= 4 is 34.6 Å². The van der Waals surface area contributed by atoms with Crippen molar-refractivity contribution in [3.8, 4) is 0 Å². The van der Waals surface area contributed by atoms with E-state index in [2.05, 4.69) is 10.9 Å². The first-order valence-electron chi connectivity index (χ1n) is 8.95. The van der Waals surface area contributed by atoms with Gasteiger partial charge >= 0.3 is 5.91 Å². The lowest BCUT2D eigenvalue weighted by molar-refractivity contribution is -0.133. The quantitative estimate of drug-likeness (QED) is 0.522. The third-order valence-corrected chi connectivity index (χ3v) is 4.80. The molecule has 29 heavy (non-hydrogen) atoms. The molecule has 0 radical (unpaired) electrons. The van der Waals surface area contributed by atoms with Crippen LogP contribution in [-0.4, -0.2) is 35.1 Å². The molecule has 8 heteroatoms. The summed E-state index contributed by atoms with van der Waals surface area (Å²) < 4.78 is 5.53. The van der Waals surface area contributed by atoms with Crippen LogP contribution in [0.2, 0.25) is 0 Å². The van der Waals surface area contributed by atoms with Gasteiger partial charge < -0.3 is 4.42 Å². The summed E-state index contributed by atoms with van der Waals surface area (Å²) in [6.45, 7) is 1.25. The van der Waals surface area contributed by atoms with Crippen LogP contribution in [0.5, 0.6) is 0 Å². The van der Waals surface area contributed by atoms with Gasteiger partial charge in [-0.1, -0.05) is 36.4 Å². The predicted octanol–water partition coefficient (Wildman–Crippen LogP) is 1.73. The highest BCUT2D eigenvalue weighted by atomic mass is 16.3. The van der Waals surface area contributed by atoms with Gasteiger partial charge in [0.25, 0.3) is 11.8 Å². The molecule has 4 rings (SSSR count). The number of nitrogens with zero attached hydrogens (tertiary/aromatic N) is 1. The number of carbonyl (C=O) groups excluding carboxylic acids is 4. The van der Waals surface area contributed by atoms with E-state index < -0.39 is 30.2 Å².